The maximum atomic E-state index is 11.3. The molecule has 3 heteroatoms. The molecule has 0 saturated heterocycles. The minimum atomic E-state index is -0.567. The number of hydrogen-bond donors (Lipinski definition) is 1. The Morgan fingerprint density at radius 2 is 2.33 bits per heavy atom. The van der Waals surface area contributed by atoms with Crippen molar-refractivity contribution < 1.29 is 14.6 Å². The van der Waals surface area contributed by atoms with Crippen molar-refractivity contribution in [2.24, 2.45) is 17.3 Å². The molecule has 0 heterocycles. The molecule has 1 N–H and O–H groups in total. The average Bonchev–Trinajstić information content (AvgIpc) is 2.79. The smallest absolute Gasteiger partial charge is 0.314 e. The van der Waals surface area contributed by atoms with E-state index in [1.165, 1.54) is 7.11 Å². The summed E-state index contributed by atoms with van der Waals surface area (Å²) in [6, 6.07) is 0. The summed E-state index contributed by atoms with van der Waals surface area (Å²) in [5.74, 6) is 0.481. The van der Waals surface area contributed by atoms with Crippen molar-refractivity contribution >= 4 is 5.97 Å². The van der Waals surface area contributed by atoms with Crippen LogP contribution in [0.5, 0.6) is 0 Å². The fourth-order valence-corrected chi connectivity index (χ4v) is 1.89. The molecule has 0 spiro atoms. The van der Waals surface area contributed by atoms with Gasteiger partial charge in [0.15, 0.2) is 0 Å². The number of hydrogen-bond acceptors (Lipinski definition) is 3. The highest BCUT2D eigenvalue weighted by Gasteiger charge is 2.61. The third-order valence-electron chi connectivity index (χ3n) is 2.81. The standard InChI is InChI=1S/C9H16O3/c1-6(2)7-4-9(7,5-10)8(11)12-3/h6-7,10H,4-5H2,1-3H3. The molecule has 70 valence electrons. The normalized spacial score (nSPS) is 33.6. The molecule has 0 aromatic carbocycles. The van der Waals surface area contributed by atoms with E-state index in [2.05, 4.69) is 18.6 Å². The molecule has 12 heavy (non-hydrogen) atoms. The summed E-state index contributed by atoms with van der Waals surface area (Å²) >= 11 is 0. The molecule has 0 aliphatic heterocycles. The van der Waals surface area contributed by atoms with Crippen LogP contribution in [0.1, 0.15) is 20.3 Å². The van der Waals surface area contributed by atoms with Crippen LogP contribution in [0, 0.1) is 17.3 Å². The predicted octanol–water partition coefficient (Wildman–Crippen LogP) is 0.814. The highest BCUT2D eigenvalue weighted by atomic mass is 16.5. The van der Waals surface area contributed by atoms with Crippen molar-refractivity contribution in [3.63, 3.8) is 0 Å². The summed E-state index contributed by atoms with van der Waals surface area (Å²) in [5.41, 5.74) is -0.567. The van der Waals surface area contributed by atoms with Crippen LogP contribution < -0.4 is 0 Å². The molecule has 1 aliphatic carbocycles. The molecule has 0 bridgehead atoms. The summed E-state index contributed by atoms with van der Waals surface area (Å²) in [4.78, 5) is 11.3. The molecule has 2 atom stereocenters. The summed E-state index contributed by atoms with van der Waals surface area (Å²) in [7, 11) is 1.37. The van der Waals surface area contributed by atoms with E-state index in [0.717, 1.165) is 6.42 Å². The van der Waals surface area contributed by atoms with Crippen LogP contribution in [0.3, 0.4) is 0 Å². The summed E-state index contributed by atoms with van der Waals surface area (Å²) in [6.45, 7) is 4.04. The van der Waals surface area contributed by atoms with Gasteiger partial charge in [0, 0.05) is 0 Å². The SMILES string of the molecule is COC(=O)C1(CO)CC1C(C)C. The van der Waals surface area contributed by atoms with E-state index in [0.29, 0.717) is 11.8 Å². The van der Waals surface area contributed by atoms with Gasteiger partial charge in [0.25, 0.3) is 0 Å². The zero-order valence-corrected chi connectivity index (χ0v) is 7.83. The van der Waals surface area contributed by atoms with Crippen molar-refractivity contribution in [3.8, 4) is 0 Å². The molecule has 2 unspecified atom stereocenters. The van der Waals surface area contributed by atoms with E-state index >= 15 is 0 Å². The summed E-state index contributed by atoms with van der Waals surface area (Å²) in [5, 5.41) is 9.08. The van der Waals surface area contributed by atoms with Crippen molar-refractivity contribution in [3.05, 3.63) is 0 Å². The first-order valence-corrected chi connectivity index (χ1v) is 4.27. The molecule has 0 radical (unpaired) electrons. The highest BCUT2D eigenvalue weighted by molar-refractivity contribution is 5.80. The molecule has 0 aromatic heterocycles. The van der Waals surface area contributed by atoms with Crippen LogP contribution in [0.4, 0.5) is 0 Å². The molecule has 0 amide bonds. The molecular formula is C9H16O3. The van der Waals surface area contributed by atoms with Crippen LogP contribution in [0.2, 0.25) is 0 Å². The van der Waals surface area contributed by atoms with E-state index in [1.54, 1.807) is 0 Å². The first-order valence-electron chi connectivity index (χ1n) is 4.27. The quantitative estimate of drug-likeness (QED) is 0.641. The Morgan fingerprint density at radius 1 is 1.75 bits per heavy atom. The van der Waals surface area contributed by atoms with E-state index in [4.69, 9.17) is 5.11 Å². The van der Waals surface area contributed by atoms with Gasteiger partial charge in [-0.1, -0.05) is 13.8 Å². The van der Waals surface area contributed by atoms with Crippen LogP contribution in [-0.4, -0.2) is 24.8 Å². The summed E-state index contributed by atoms with van der Waals surface area (Å²) < 4.78 is 4.65. The fourth-order valence-electron chi connectivity index (χ4n) is 1.89. The predicted molar refractivity (Wildman–Crippen MR) is 44.5 cm³/mol. The van der Waals surface area contributed by atoms with Crippen LogP contribution >= 0.6 is 0 Å². The van der Waals surface area contributed by atoms with E-state index in [1.807, 2.05) is 0 Å². The maximum absolute atomic E-state index is 11.3. The van der Waals surface area contributed by atoms with Crippen molar-refractivity contribution in [1.29, 1.82) is 0 Å². The Labute approximate surface area is 72.7 Å². The number of carbonyl (C=O) groups is 1. The topological polar surface area (TPSA) is 46.5 Å². The molecule has 3 nitrogen and oxygen atoms in total. The van der Waals surface area contributed by atoms with Gasteiger partial charge in [0.1, 0.15) is 0 Å². The highest BCUT2D eigenvalue weighted by Crippen LogP contribution is 2.56. The lowest BCUT2D eigenvalue weighted by molar-refractivity contribution is -0.149. The van der Waals surface area contributed by atoms with Gasteiger partial charge in [-0.2, -0.15) is 0 Å². The zero-order valence-electron chi connectivity index (χ0n) is 7.83. The van der Waals surface area contributed by atoms with Crippen LogP contribution in [-0.2, 0) is 9.53 Å². The van der Waals surface area contributed by atoms with E-state index in [-0.39, 0.29) is 12.6 Å². The first kappa shape index (κ1) is 9.52. The zero-order chi connectivity index (χ0) is 9.35. The number of methoxy groups -OCH3 is 1. The van der Waals surface area contributed by atoms with Gasteiger partial charge >= 0.3 is 5.97 Å². The van der Waals surface area contributed by atoms with Crippen molar-refractivity contribution in [2.45, 2.75) is 20.3 Å². The molecule has 0 aromatic rings. The second-order valence-electron chi connectivity index (χ2n) is 3.86. The van der Waals surface area contributed by atoms with Crippen molar-refractivity contribution in [1.82, 2.24) is 0 Å². The largest absolute Gasteiger partial charge is 0.469 e. The lowest BCUT2D eigenvalue weighted by Gasteiger charge is -2.12. The second-order valence-corrected chi connectivity index (χ2v) is 3.86. The fraction of sp³-hybridized carbons (Fsp3) is 0.889. The Bertz CT molecular complexity index is 188. The van der Waals surface area contributed by atoms with Crippen LogP contribution in [0.15, 0.2) is 0 Å². The number of ether oxygens (including phenoxy) is 1. The van der Waals surface area contributed by atoms with Crippen molar-refractivity contribution in [2.75, 3.05) is 13.7 Å². The first-order chi connectivity index (χ1) is 5.58. The Kier molecular flexibility index (Phi) is 2.42. The molecule has 1 aliphatic rings. The van der Waals surface area contributed by atoms with Gasteiger partial charge in [-0.05, 0) is 18.3 Å². The number of esters is 1. The molecule has 1 rings (SSSR count). The van der Waals surface area contributed by atoms with Gasteiger partial charge < -0.3 is 9.84 Å². The number of carbonyl (C=O) groups excluding carboxylic acids is 1. The lowest BCUT2D eigenvalue weighted by atomic mass is 9.98. The van der Waals surface area contributed by atoms with E-state index in [9.17, 15) is 4.79 Å². The van der Waals surface area contributed by atoms with Crippen LogP contribution in [0.25, 0.3) is 0 Å². The second kappa shape index (κ2) is 3.05. The van der Waals surface area contributed by atoms with Gasteiger partial charge in [-0.15, -0.1) is 0 Å². The molecular weight excluding hydrogens is 156 g/mol. The molecule has 1 saturated carbocycles. The van der Waals surface area contributed by atoms with E-state index < -0.39 is 5.41 Å². The van der Waals surface area contributed by atoms with Gasteiger partial charge in [-0.25, -0.2) is 0 Å². The number of rotatable bonds is 3. The maximum Gasteiger partial charge on any atom is 0.314 e. The van der Waals surface area contributed by atoms with Gasteiger partial charge in [0.2, 0.25) is 0 Å². The average molecular weight is 172 g/mol. The third-order valence-corrected chi connectivity index (χ3v) is 2.81. The Hall–Kier alpha value is -0.570. The monoisotopic (exact) mass is 172 g/mol. The third kappa shape index (κ3) is 1.22. The summed E-state index contributed by atoms with van der Waals surface area (Å²) in [6.07, 6.45) is 0.772. The lowest BCUT2D eigenvalue weighted by Crippen LogP contribution is -2.25. The van der Waals surface area contributed by atoms with Gasteiger partial charge in [-0.3, -0.25) is 4.79 Å². The number of aliphatic hydroxyl groups excluding tert-OH is 1. The minimum absolute atomic E-state index is 0.0808. The Morgan fingerprint density at radius 3 is 2.58 bits per heavy atom. The minimum Gasteiger partial charge on any atom is -0.469 e. The number of aliphatic hydroxyl groups is 1. The Balaban J connectivity index is 2.64. The molecule has 1 fully saturated rings. The van der Waals surface area contributed by atoms with Gasteiger partial charge in [0.05, 0.1) is 19.1 Å².